The van der Waals surface area contributed by atoms with E-state index in [-0.39, 0.29) is 5.84 Å². The van der Waals surface area contributed by atoms with E-state index in [4.69, 9.17) is 10.9 Å². The largest absolute Gasteiger partial charge is 0.409 e. The highest BCUT2D eigenvalue weighted by Gasteiger charge is 2.14. The maximum atomic E-state index is 8.87. The molecule has 0 unspecified atom stereocenters. The van der Waals surface area contributed by atoms with Crippen LogP contribution in [0.1, 0.15) is 11.3 Å². The van der Waals surface area contributed by atoms with E-state index in [9.17, 15) is 0 Å². The molecule has 3 heterocycles. The monoisotopic (exact) mass is 301 g/mol. The number of hydrogen-bond acceptors (Lipinski definition) is 7. The van der Waals surface area contributed by atoms with Crippen LogP contribution in [0.2, 0.25) is 0 Å². The van der Waals surface area contributed by atoms with E-state index in [0.29, 0.717) is 21.3 Å². The predicted molar refractivity (Wildman–Crippen MR) is 77.3 cm³/mol. The van der Waals surface area contributed by atoms with Gasteiger partial charge in [-0.2, -0.15) is 0 Å². The number of aryl methyl sites for hydroxylation is 1. The van der Waals surface area contributed by atoms with Crippen LogP contribution in [-0.2, 0) is 0 Å². The molecule has 0 aliphatic heterocycles. The van der Waals surface area contributed by atoms with Crippen molar-refractivity contribution in [1.29, 1.82) is 0 Å². The van der Waals surface area contributed by atoms with Crippen molar-refractivity contribution in [1.82, 2.24) is 24.9 Å². The number of nitrogens with two attached hydrogens (primary N) is 1. The first kappa shape index (κ1) is 13.3. The normalized spacial score (nSPS) is 12.0. The number of amidine groups is 1. The summed E-state index contributed by atoms with van der Waals surface area (Å²) in [4.78, 5) is 19.8. The lowest BCUT2D eigenvalue weighted by Gasteiger charge is -2.07. The Morgan fingerprint density at radius 3 is 2.95 bits per heavy atom. The van der Waals surface area contributed by atoms with Gasteiger partial charge in [-0.05, 0) is 30.8 Å². The lowest BCUT2D eigenvalue weighted by atomic mass is 10.2. The van der Waals surface area contributed by atoms with Crippen molar-refractivity contribution in [3.63, 3.8) is 0 Å². The average Bonchev–Trinajstić information content (AvgIpc) is 2.96. The molecule has 3 rings (SSSR count). The number of rotatable bonds is 3. The molecule has 0 saturated carbocycles. The first-order valence-corrected chi connectivity index (χ1v) is 6.78. The molecule has 0 atom stereocenters. The van der Waals surface area contributed by atoms with Crippen LogP contribution >= 0.6 is 11.8 Å². The summed E-state index contributed by atoms with van der Waals surface area (Å²) in [6.07, 6.45) is 2.99. The molecular weight excluding hydrogens is 290 g/mol. The molecule has 21 heavy (non-hydrogen) atoms. The summed E-state index contributed by atoms with van der Waals surface area (Å²) >= 11 is 1.30. The van der Waals surface area contributed by atoms with Crippen molar-refractivity contribution < 1.29 is 5.21 Å². The number of fused-ring (bicyclic) bond motifs is 1. The third-order valence-electron chi connectivity index (χ3n) is 2.76. The van der Waals surface area contributed by atoms with Gasteiger partial charge in [-0.25, -0.2) is 19.9 Å². The minimum atomic E-state index is -0.0000827. The zero-order valence-electron chi connectivity index (χ0n) is 11.0. The van der Waals surface area contributed by atoms with Gasteiger partial charge in [-0.15, -0.1) is 0 Å². The number of nitrogens with one attached hydrogen (secondary N) is 1. The molecular formula is C12H11N7OS. The molecule has 0 spiro atoms. The van der Waals surface area contributed by atoms with Gasteiger partial charge in [-0.1, -0.05) is 5.16 Å². The quantitative estimate of drug-likeness (QED) is 0.219. The highest BCUT2D eigenvalue weighted by atomic mass is 32.2. The summed E-state index contributed by atoms with van der Waals surface area (Å²) in [6.45, 7) is 1.87. The van der Waals surface area contributed by atoms with E-state index < -0.39 is 0 Å². The van der Waals surface area contributed by atoms with Crippen molar-refractivity contribution in [3.8, 4) is 0 Å². The summed E-state index contributed by atoms with van der Waals surface area (Å²) in [5.41, 5.74) is 8.34. The molecule has 0 bridgehead atoms. The van der Waals surface area contributed by atoms with E-state index in [0.717, 1.165) is 11.2 Å². The number of H-pyrrole nitrogens is 1. The van der Waals surface area contributed by atoms with Gasteiger partial charge >= 0.3 is 0 Å². The number of oxime groups is 1. The van der Waals surface area contributed by atoms with Gasteiger partial charge < -0.3 is 15.9 Å². The molecule has 0 fully saturated rings. The maximum absolute atomic E-state index is 8.87. The van der Waals surface area contributed by atoms with E-state index in [1.807, 2.05) is 6.92 Å². The van der Waals surface area contributed by atoms with Crippen molar-refractivity contribution in [2.45, 2.75) is 17.0 Å². The Morgan fingerprint density at radius 2 is 2.14 bits per heavy atom. The van der Waals surface area contributed by atoms with Crippen molar-refractivity contribution >= 4 is 28.8 Å². The van der Waals surface area contributed by atoms with Crippen LogP contribution < -0.4 is 5.73 Å². The average molecular weight is 301 g/mol. The number of nitrogens with zero attached hydrogens (tertiary/aromatic N) is 5. The zero-order chi connectivity index (χ0) is 14.8. The second kappa shape index (κ2) is 5.37. The van der Waals surface area contributed by atoms with Crippen LogP contribution in [0.4, 0.5) is 0 Å². The topological polar surface area (TPSA) is 126 Å². The standard InChI is InChI=1S/C12H11N7OS/c1-6-2-3-7(9(13)19-20)11(18-6)21-12-8-10(15-4-14-8)16-5-17-12/h2-5,20H,1H3,(H2,13,19)(H,14,15,16,17). The van der Waals surface area contributed by atoms with Gasteiger partial charge in [0.25, 0.3) is 0 Å². The molecule has 3 aromatic rings. The van der Waals surface area contributed by atoms with Gasteiger partial charge in [0, 0.05) is 5.69 Å². The summed E-state index contributed by atoms with van der Waals surface area (Å²) in [6, 6.07) is 3.55. The molecule has 8 nitrogen and oxygen atoms in total. The van der Waals surface area contributed by atoms with Gasteiger partial charge in [0.1, 0.15) is 21.9 Å². The van der Waals surface area contributed by atoms with Crippen molar-refractivity contribution in [3.05, 3.63) is 36.0 Å². The smallest absolute Gasteiger partial charge is 0.181 e. The molecule has 0 amide bonds. The van der Waals surface area contributed by atoms with Crippen molar-refractivity contribution in [2.75, 3.05) is 0 Å². The predicted octanol–water partition coefficient (Wildman–Crippen LogP) is 1.30. The van der Waals surface area contributed by atoms with E-state index in [1.54, 1.807) is 18.5 Å². The number of aromatic nitrogens is 5. The van der Waals surface area contributed by atoms with E-state index in [1.165, 1.54) is 18.1 Å². The highest BCUT2D eigenvalue weighted by molar-refractivity contribution is 7.99. The third-order valence-corrected chi connectivity index (χ3v) is 3.77. The van der Waals surface area contributed by atoms with Crippen LogP contribution in [0.5, 0.6) is 0 Å². The summed E-state index contributed by atoms with van der Waals surface area (Å²) < 4.78 is 0. The van der Waals surface area contributed by atoms with Crippen LogP contribution in [0, 0.1) is 6.92 Å². The molecule has 0 radical (unpaired) electrons. The number of pyridine rings is 1. The fraction of sp³-hybridized carbons (Fsp3) is 0.0833. The van der Waals surface area contributed by atoms with Gasteiger partial charge in [0.2, 0.25) is 0 Å². The van der Waals surface area contributed by atoms with E-state index in [2.05, 4.69) is 30.1 Å². The zero-order valence-corrected chi connectivity index (χ0v) is 11.8. The maximum Gasteiger partial charge on any atom is 0.181 e. The minimum Gasteiger partial charge on any atom is -0.409 e. The summed E-state index contributed by atoms with van der Waals surface area (Å²) in [5.74, 6) is -0.0000827. The Hall–Kier alpha value is -2.68. The fourth-order valence-electron chi connectivity index (χ4n) is 1.77. The Balaban J connectivity index is 2.09. The highest BCUT2D eigenvalue weighted by Crippen LogP contribution is 2.30. The minimum absolute atomic E-state index is 0.0000827. The Kier molecular flexibility index (Phi) is 3.40. The molecule has 0 aromatic carbocycles. The number of imidazole rings is 1. The van der Waals surface area contributed by atoms with Gasteiger partial charge in [-0.3, -0.25) is 0 Å². The molecule has 0 aliphatic rings. The SMILES string of the molecule is Cc1ccc(C(N)=NO)c(Sc2ncnc3nc[nH]c23)n1. The first-order valence-electron chi connectivity index (χ1n) is 5.96. The molecule has 3 aromatic heterocycles. The molecule has 4 N–H and O–H groups in total. The lowest BCUT2D eigenvalue weighted by molar-refractivity contribution is 0.318. The van der Waals surface area contributed by atoms with Crippen LogP contribution in [0.3, 0.4) is 0 Å². The molecule has 0 saturated heterocycles. The summed E-state index contributed by atoms with van der Waals surface area (Å²) in [7, 11) is 0. The van der Waals surface area contributed by atoms with Gasteiger partial charge in [0.05, 0.1) is 11.9 Å². The first-order chi connectivity index (χ1) is 10.2. The molecule has 0 aliphatic carbocycles. The van der Waals surface area contributed by atoms with Crippen LogP contribution in [0.15, 0.2) is 40.0 Å². The lowest BCUT2D eigenvalue weighted by Crippen LogP contribution is -2.15. The van der Waals surface area contributed by atoms with Gasteiger partial charge in [0.15, 0.2) is 11.5 Å². The second-order valence-corrected chi connectivity index (χ2v) is 5.15. The van der Waals surface area contributed by atoms with Crippen LogP contribution in [-0.4, -0.2) is 36.0 Å². The molecule has 106 valence electrons. The molecule has 9 heteroatoms. The summed E-state index contributed by atoms with van der Waals surface area (Å²) in [5, 5.41) is 13.2. The van der Waals surface area contributed by atoms with Crippen LogP contribution in [0.25, 0.3) is 11.2 Å². The number of hydrogen-bond donors (Lipinski definition) is 3. The van der Waals surface area contributed by atoms with E-state index >= 15 is 0 Å². The van der Waals surface area contributed by atoms with Crippen molar-refractivity contribution in [2.24, 2.45) is 10.9 Å². The third kappa shape index (κ3) is 2.50. The number of aromatic amines is 1. The Morgan fingerprint density at radius 1 is 1.29 bits per heavy atom. The Bertz CT molecular complexity index is 829. The Labute approximate surface area is 123 Å². The second-order valence-electron chi connectivity index (χ2n) is 4.17. The fourth-order valence-corrected chi connectivity index (χ4v) is 2.78.